The summed E-state index contributed by atoms with van der Waals surface area (Å²) in [5.41, 5.74) is 9.13. The van der Waals surface area contributed by atoms with Crippen molar-refractivity contribution in [3.05, 3.63) is 95.3 Å². The van der Waals surface area contributed by atoms with Gasteiger partial charge in [0, 0.05) is 55.7 Å². The zero-order valence-electron chi connectivity index (χ0n) is 24.5. The van der Waals surface area contributed by atoms with Crippen molar-refractivity contribution in [1.82, 2.24) is 20.1 Å². The van der Waals surface area contributed by atoms with E-state index in [0.717, 1.165) is 79.8 Å². The zero-order valence-corrected chi connectivity index (χ0v) is 24.5. The third-order valence-corrected chi connectivity index (χ3v) is 8.63. The van der Waals surface area contributed by atoms with Gasteiger partial charge in [0.2, 0.25) is 5.91 Å². The maximum atomic E-state index is 14.1. The average Bonchev–Trinajstić information content (AvgIpc) is 3.63. The Morgan fingerprint density at radius 3 is 2.68 bits per heavy atom. The van der Waals surface area contributed by atoms with Gasteiger partial charge in [-0.3, -0.25) is 9.69 Å². The zero-order chi connectivity index (χ0) is 28.8. The lowest BCUT2D eigenvalue weighted by Crippen LogP contribution is -2.51. The van der Waals surface area contributed by atoms with Crippen LogP contribution >= 0.6 is 0 Å². The SMILES string of the molecule is C=C/C(=C\c1c(-c2ccccc2CCC)c[nH]c1C)c1cccc(C(C(=O)N2CCCC2CO)N2CCNCC2)c1. The summed E-state index contributed by atoms with van der Waals surface area (Å²) in [5, 5.41) is 13.4. The highest BCUT2D eigenvalue weighted by molar-refractivity contribution is 5.93. The smallest absolute Gasteiger partial charge is 0.244 e. The number of nitrogens with zero attached hydrogens (tertiary/aromatic N) is 2. The number of aliphatic hydroxyl groups is 1. The predicted octanol–water partition coefficient (Wildman–Crippen LogP) is 5.60. The summed E-state index contributed by atoms with van der Waals surface area (Å²) in [7, 11) is 0. The number of likely N-dealkylation sites (tertiary alicyclic amines) is 1. The second-order valence-electron chi connectivity index (χ2n) is 11.3. The number of piperazine rings is 1. The molecule has 41 heavy (non-hydrogen) atoms. The van der Waals surface area contributed by atoms with Crippen molar-refractivity contribution in [2.45, 2.75) is 51.6 Å². The molecule has 216 valence electrons. The Balaban J connectivity index is 1.53. The molecule has 6 nitrogen and oxygen atoms in total. The number of nitrogens with one attached hydrogen (secondary N) is 2. The van der Waals surface area contributed by atoms with E-state index in [2.05, 4.69) is 96.4 Å². The number of hydrogen-bond donors (Lipinski definition) is 3. The summed E-state index contributed by atoms with van der Waals surface area (Å²) in [6.07, 6.45) is 10.2. The number of aliphatic hydroxyl groups excluding tert-OH is 1. The fourth-order valence-corrected chi connectivity index (χ4v) is 6.44. The Hall–Kier alpha value is -3.45. The van der Waals surface area contributed by atoms with Crippen LogP contribution in [-0.2, 0) is 11.2 Å². The number of amides is 1. The topological polar surface area (TPSA) is 71.6 Å². The lowest BCUT2D eigenvalue weighted by Gasteiger charge is -2.37. The summed E-state index contributed by atoms with van der Waals surface area (Å²) >= 11 is 0. The van der Waals surface area contributed by atoms with Gasteiger partial charge in [0.15, 0.2) is 0 Å². The Bertz CT molecular complexity index is 1380. The minimum atomic E-state index is -0.374. The highest BCUT2D eigenvalue weighted by Gasteiger charge is 2.37. The molecule has 3 N–H and O–H groups in total. The summed E-state index contributed by atoms with van der Waals surface area (Å²) in [6, 6.07) is 16.6. The van der Waals surface area contributed by atoms with E-state index in [0.29, 0.717) is 6.54 Å². The van der Waals surface area contributed by atoms with Crippen LogP contribution in [0.3, 0.4) is 0 Å². The summed E-state index contributed by atoms with van der Waals surface area (Å²) in [5.74, 6) is 0.0982. The van der Waals surface area contributed by atoms with Gasteiger partial charge >= 0.3 is 0 Å². The number of hydrogen-bond acceptors (Lipinski definition) is 4. The summed E-state index contributed by atoms with van der Waals surface area (Å²) < 4.78 is 0. The van der Waals surface area contributed by atoms with Crippen molar-refractivity contribution < 1.29 is 9.90 Å². The van der Waals surface area contributed by atoms with E-state index in [9.17, 15) is 9.90 Å². The van der Waals surface area contributed by atoms with E-state index in [1.165, 1.54) is 16.7 Å². The molecule has 3 aromatic rings. The Morgan fingerprint density at radius 1 is 1.12 bits per heavy atom. The second kappa shape index (κ2) is 13.5. The minimum absolute atomic E-state index is 0.0170. The van der Waals surface area contributed by atoms with Gasteiger partial charge < -0.3 is 20.3 Å². The van der Waals surface area contributed by atoms with Gasteiger partial charge in [0.1, 0.15) is 6.04 Å². The van der Waals surface area contributed by atoms with Crippen molar-refractivity contribution in [2.75, 3.05) is 39.3 Å². The minimum Gasteiger partial charge on any atom is -0.394 e. The highest BCUT2D eigenvalue weighted by Crippen LogP contribution is 2.34. The molecular formula is C35H44N4O2. The fraction of sp³-hybridized carbons (Fsp3) is 0.400. The summed E-state index contributed by atoms with van der Waals surface area (Å²) in [4.78, 5) is 21.7. The van der Waals surface area contributed by atoms with Crippen LogP contribution in [0.5, 0.6) is 0 Å². The molecule has 0 saturated carbocycles. The summed E-state index contributed by atoms with van der Waals surface area (Å²) in [6.45, 7) is 12.6. The quantitative estimate of drug-likeness (QED) is 0.287. The molecule has 2 aromatic carbocycles. The van der Waals surface area contributed by atoms with E-state index in [1.54, 1.807) is 0 Å². The number of benzene rings is 2. The molecule has 0 bridgehead atoms. The van der Waals surface area contributed by atoms with Crippen LogP contribution in [0.4, 0.5) is 0 Å². The number of carbonyl (C=O) groups excluding carboxylic acids is 1. The second-order valence-corrected chi connectivity index (χ2v) is 11.3. The first-order valence-corrected chi connectivity index (χ1v) is 15.1. The van der Waals surface area contributed by atoms with Gasteiger partial charge in [0.05, 0.1) is 12.6 Å². The Kier molecular flexibility index (Phi) is 9.55. The van der Waals surface area contributed by atoms with Gasteiger partial charge in [0.25, 0.3) is 0 Å². The van der Waals surface area contributed by atoms with Crippen LogP contribution in [0.1, 0.15) is 60.2 Å². The lowest BCUT2D eigenvalue weighted by atomic mass is 9.92. The van der Waals surface area contributed by atoms with Crippen LogP contribution in [-0.4, -0.2) is 71.2 Å². The molecule has 1 aromatic heterocycles. The first-order valence-electron chi connectivity index (χ1n) is 15.1. The van der Waals surface area contributed by atoms with Crippen molar-refractivity contribution in [3.8, 4) is 11.1 Å². The first kappa shape index (κ1) is 29.1. The van der Waals surface area contributed by atoms with Gasteiger partial charge in [-0.1, -0.05) is 68.5 Å². The van der Waals surface area contributed by atoms with Crippen LogP contribution in [0.15, 0.2) is 67.4 Å². The largest absolute Gasteiger partial charge is 0.394 e. The standard InChI is InChI=1S/C35H44N4O2/c1-4-10-27-11-6-7-15-31(27)33-23-37-25(3)32(33)22-26(5-2)28-12-8-13-29(21-28)34(38-19-16-36-17-20-38)35(41)39-18-9-14-30(39)24-40/h5-8,11-13,15,21-23,30,34,36-37,40H,2,4,9-10,14,16-20,24H2,1,3H3/b26-22+. The molecular weight excluding hydrogens is 508 g/mol. The maximum Gasteiger partial charge on any atom is 0.244 e. The number of aromatic nitrogens is 1. The third-order valence-electron chi connectivity index (χ3n) is 8.63. The van der Waals surface area contributed by atoms with Gasteiger partial charge in [-0.25, -0.2) is 0 Å². The molecule has 2 saturated heterocycles. The van der Waals surface area contributed by atoms with Gasteiger partial charge in [-0.15, -0.1) is 0 Å². The molecule has 2 fully saturated rings. The number of aromatic amines is 1. The number of rotatable bonds is 10. The average molecular weight is 553 g/mol. The molecule has 0 aliphatic carbocycles. The molecule has 5 rings (SSSR count). The van der Waals surface area contributed by atoms with E-state index in [4.69, 9.17) is 0 Å². The van der Waals surface area contributed by atoms with Crippen LogP contribution in [0.25, 0.3) is 22.8 Å². The van der Waals surface area contributed by atoms with E-state index < -0.39 is 0 Å². The Labute approximate surface area is 244 Å². The predicted molar refractivity (Wildman–Crippen MR) is 168 cm³/mol. The number of carbonyl (C=O) groups is 1. The fourth-order valence-electron chi connectivity index (χ4n) is 6.44. The van der Waals surface area contributed by atoms with Crippen LogP contribution in [0.2, 0.25) is 0 Å². The molecule has 2 unspecified atom stereocenters. The number of aryl methyl sites for hydroxylation is 2. The molecule has 2 aliphatic heterocycles. The number of allylic oxidation sites excluding steroid dienone is 2. The van der Waals surface area contributed by atoms with Crippen molar-refractivity contribution in [3.63, 3.8) is 0 Å². The van der Waals surface area contributed by atoms with Crippen molar-refractivity contribution in [2.24, 2.45) is 0 Å². The molecule has 0 spiro atoms. The highest BCUT2D eigenvalue weighted by atomic mass is 16.3. The van der Waals surface area contributed by atoms with Gasteiger partial charge in [-0.2, -0.15) is 0 Å². The Morgan fingerprint density at radius 2 is 1.93 bits per heavy atom. The van der Waals surface area contributed by atoms with E-state index in [-0.39, 0.29) is 24.6 Å². The monoisotopic (exact) mass is 552 g/mol. The normalized spacial score (nSPS) is 19.0. The van der Waals surface area contributed by atoms with E-state index in [1.807, 2.05) is 11.0 Å². The van der Waals surface area contributed by atoms with Crippen LogP contribution in [0, 0.1) is 6.92 Å². The molecule has 6 heteroatoms. The first-order chi connectivity index (χ1) is 20.0. The maximum absolute atomic E-state index is 14.1. The molecule has 2 atom stereocenters. The molecule has 1 amide bonds. The third kappa shape index (κ3) is 6.25. The number of H-pyrrole nitrogens is 1. The lowest BCUT2D eigenvalue weighted by molar-refractivity contribution is -0.139. The molecule has 2 aliphatic rings. The van der Waals surface area contributed by atoms with Crippen LogP contribution < -0.4 is 5.32 Å². The van der Waals surface area contributed by atoms with Crippen molar-refractivity contribution in [1.29, 1.82) is 0 Å². The van der Waals surface area contributed by atoms with Gasteiger partial charge in [-0.05, 0) is 66.2 Å². The molecule has 3 heterocycles. The van der Waals surface area contributed by atoms with Crippen molar-refractivity contribution >= 4 is 17.6 Å². The molecule has 0 radical (unpaired) electrons. The van der Waals surface area contributed by atoms with E-state index >= 15 is 0 Å².